The Kier molecular flexibility index (Phi) is 9.83. The van der Waals surface area contributed by atoms with Crippen LogP contribution in [0.15, 0.2) is 176 Å². The molecule has 56 heavy (non-hydrogen) atoms. The van der Waals surface area contributed by atoms with Crippen molar-refractivity contribution < 1.29 is 20.1 Å². The molecule has 1 aliphatic rings. The molecule has 1 aromatic heterocycles. The summed E-state index contributed by atoms with van der Waals surface area (Å²) in [5.74, 6) is 0. The van der Waals surface area contributed by atoms with E-state index in [0.717, 1.165) is 16.8 Å². The first-order valence-corrected chi connectivity index (χ1v) is 19.3. The van der Waals surface area contributed by atoms with Crippen LogP contribution in [-0.4, -0.2) is 4.98 Å². The van der Waals surface area contributed by atoms with Crippen molar-refractivity contribution in [3.63, 3.8) is 0 Å². The van der Waals surface area contributed by atoms with Gasteiger partial charge in [-0.15, -0.1) is 29.3 Å². The first-order chi connectivity index (χ1) is 26.6. The third-order valence-electron chi connectivity index (χ3n) is 11.4. The van der Waals surface area contributed by atoms with Crippen LogP contribution in [0, 0.1) is 6.07 Å². The number of fused-ring (bicyclic) bond motifs is 3. The standard InChI is InChI=1S/C54H44N.Ir/c1-53(2,3)47-32-45(42-21-13-20-41(30-42)40-19-12-18-39(29-40)38-17-11-16-37(28-38)36-14-7-6-8-15-36)31-46(33-47)44-25-27-52(55-35-44)43-24-26-49-48-22-9-10-23-50(48)54(4,5)51(49)34-43;/h6-23,25-35H,1-5H3;/q-1;. The number of pyridine rings is 1. The number of rotatable bonds is 6. The van der Waals surface area contributed by atoms with Gasteiger partial charge in [0.25, 0.3) is 0 Å². The van der Waals surface area contributed by atoms with Gasteiger partial charge in [0.05, 0.1) is 0 Å². The summed E-state index contributed by atoms with van der Waals surface area (Å²) in [7, 11) is 0. The zero-order valence-corrected chi connectivity index (χ0v) is 34.9. The summed E-state index contributed by atoms with van der Waals surface area (Å²) in [6.07, 6.45) is 2.02. The van der Waals surface area contributed by atoms with Crippen molar-refractivity contribution in [3.05, 3.63) is 199 Å². The van der Waals surface area contributed by atoms with E-state index in [4.69, 9.17) is 4.98 Å². The third-order valence-corrected chi connectivity index (χ3v) is 11.4. The van der Waals surface area contributed by atoms with Crippen molar-refractivity contribution in [1.82, 2.24) is 4.98 Å². The largest absolute Gasteiger partial charge is 0.304 e. The Hall–Kier alpha value is -5.66. The van der Waals surface area contributed by atoms with Crippen molar-refractivity contribution >= 4 is 0 Å². The minimum atomic E-state index is -0.0614. The van der Waals surface area contributed by atoms with Gasteiger partial charge >= 0.3 is 0 Å². The summed E-state index contributed by atoms with van der Waals surface area (Å²) < 4.78 is 0. The van der Waals surface area contributed by atoms with Crippen LogP contribution in [-0.2, 0) is 30.9 Å². The van der Waals surface area contributed by atoms with Crippen molar-refractivity contribution in [2.45, 2.75) is 45.4 Å². The molecular formula is C54H44IrN-. The predicted molar refractivity (Wildman–Crippen MR) is 232 cm³/mol. The summed E-state index contributed by atoms with van der Waals surface area (Å²) in [6.45, 7) is 11.5. The molecule has 8 aromatic rings. The quantitative estimate of drug-likeness (QED) is 0.152. The van der Waals surface area contributed by atoms with E-state index in [9.17, 15) is 0 Å². The van der Waals surface area contributed by atoms with Crippen LogP contribution in [0.1, 0.15) is 51.3 Å². The molecular weight excluding hydrogens is 855 g/mol. The summed E-state index contributed by atoms with van der Waals surface area (Å²) in [4.78, 5) is 5.02. The van der Waals surface area contributed by atoms with Crippen LogP contribution in [0.3, 0.4) is 0 Å². The van der Waals surface area contributed by atoms with Crippen LogP contribution in [0.25, 0.3) is 78.0 Å². The van der Waals surface area contributed by atoms with E-state index in [2.05, 4.69) is 211 Å². The first kappa shape index (κ1) is 37.3. The summed E-state index contributed by atoms with van der Waals surface area (Å²) >= 11 is 0. The van der Waals surface area contributed by atoms with Crippen LogP contribution >= 0.6 is 0 Å². The molecule has 0 unspecified atom stereocenters. The monoisotopic (exact) mass is 899 g/mol. The minimum absolute atomic E-state index is 0. The van der Waals surface area contributed by atoms with Crippen molar-refractivity contribution in [2.75, 3.05) is 0 Å². The maximum absolute atomic E-state index is 5.02. The van der Waals surface area contributed by atoms with E-state index in [1.807, 2.05) is 6.20 Å². The first-order valence-electron chi connectivity index (χ1n) is 19.3. The van der Waals surface area contributed by atoms with Gasteiger partial charge in [0.15, 0.2) is 0 Å². The molecule has 1 radical (unpaired) electrons. The molecule has 2 heteroatoms. The Morgan fingerprint density at radius 1 is 0.446 bits per heavy atom. The molecule has 0 N–H and O–H groups in total. The van der Waals surface area contributed by atoms with Gasteiger partial charge < -0.3 is 4.98 Å². The van der Waals surface area contributed by atoms with Gasteiger partial charge in [0, 0.05) is 26.3 Å². The molecule has 0 aliphatic heterocycles. The minimum Gasteiger partial charge on any atom is -0.304 e. The van der Waals surface area contributed by atoms with Gasteiger partial charge in [-0.1, -0.05) is 179 Å². The molecule has 275 valence electrons. The number of aromatic nitrogens is 1. The molecule has 0 saturated carbocycles. The zero-order valence-electron chi connectivity index (χ0n) is 32.5. The fourth-order valence-electron chi connectivity index (χ4n) is 8.17. The van der Waals surface area contributed by atoms with Crippen molar-refractivity contribution in [3.8, 4) is 78.0 Å². The molecule has 1 heterocycles. The van der Waals surface area contributed by atoms with Crippen LogP contribution in [0.5, 0.6) is 0 Å². The Labute approximate surface area is 345 Å². The average molecular weight is 899 g/mol. The number of hydrogen-bond acceptors (Lipinski definition) is 1. The van der Waals surface area contributed by atoms with Gasteiger partial charge in [-0.2, -0.15) is 0 Å². The maximum atomic E-state index is 5.02. The maximum Gasteiger partial charge on any atom is 0.0239 e. The normalized spacial score (nSPS) is 12.7. The fraction of sp³-hybridized carbons (Fsp3) is 0.130. The van der Waals surface area contributed by atoms with Gasteiger partial charge in [-0.05, 0) is 108 Å². The van der Waals surface area contributed by atoms with E-state index in [0.29, 0.717) is 0 Å². The fourth-order valence-corrected chi connectivity index (χ4v) is 8.17. The van der Waals surface area contributed by atoms with Gasteiger partial charge in [0.2, 0.25) is 0 Å². The molecule has 7 aromatic carbocycles. The van der Waals surface area contributed by atoms with Crippen LogP contribution < -0.4 is 0 Å². The SMILES string of the molecule is CC(C)(C)c1cc(-c2ccc(-c3[c-]cc4c(c3)C(C)(C)c3ccccc3-4)nc2)cc(-c2cccc(-c3cccc(-c4cccc(-c5ccccc5)c4)c3)c2)c1.[Ir]. The molecule has 0 saturated heterocycles. The van der Waals surface area contributed by atoms with E-state index >= 15 is 0 Å². The summed E-state index contributed by atoms with van der Waals surface area (Å²) in [5.41, 5.74) is 20.4. The van der Waals surface area contributed by atoms with Crippen molar-refractivity contribution in [1.29, 1.82) is 0 Å². The van der Waals surface area contributed by atoms with Crippen LogP contribution in [0.4, 0.5) is 0 Å². The van der Waals surface area contributed by atoms with E-state index in [-0.39, 0.29) is 30.9 Å². The summed E-state index contributed by atoms with van der Waals surface area (Å²) in [5, 5.41) is 0. The number of benzene rings is 7. The number of nitrogens with zero attached hydrogens (tertiary/aromatic N) is 1. The predicted octanol–water partition coefficient (Wildman–Crippen LogP) is 14.5. The summed E-state index contributed by atoms with van der Waals surface area (Å²) in [6, 6.07) is 65.4. The second-order valence-corrected chi connectivity index (χ2v) is 16.4. The van der Waals surface area contributed by atoms with E-state index < -0.39 is 0 Å². The Balaban J connectivity index is 0.00000441. The Morgan fingerprint density at radius 2 is 0.946 bits per heavy atom. The van der Waals surface area contributed by atoms with Gasteiger partial charge in [-0.25, -0.2) is 0 Å². The van der Waals surface area contributed by atoms with E-state index in [1.165, 1.54) is 77.9 Å². The second kappa shape index (κ2) is 14.8. The molecule has 9 rings (SSSR count). The van der Waals surface area contributed by atoms with Gasteiger partial charge in [-0.3, -0.25) is 0 Å². The van der Waals surface area contributed by atoms with Crippen LogP contribution in [0.2, 0.25) is 0 Å². The zero-order chi connectivity index (χ0) is 37.7. The topological polar surface area (TPSA) is 12.9 Å². The smallest absolute Gasteiger partial charge is 0.0239 e. The molecule has 0 amide bonds. The van der Waals surface area contributed by atoms with Crippen molar-refractivity contribution in [2.24, 2.45) is 0 Å². The molecule has 0 bridgehead atoms. The molecule has 1 nitrogen and oxygen atoms in total. The molecule has 1 aliphatic carbocycles. The molecule has 0 atom stereocenters. The Morgan fingerprint density at radius 3 is 1.52 bits per heavy atom. The van der Waals surface area contributed by atoms with E-state index in [1.54, 1.807) is 0 Å². The number of hydrogen-bond donors (Lipinski definition) is 0. The molecule has 0 spiro atoms. The third kappa shape index (κ3) is 7.01. The molecule has 0 fully saturated rings. The second-order valence-electron chi connectivity index (χ2n) is 16.4. The Bertz CT molecular complexity index is 2700. The average Bonchev–Trinajstić information content (AvgIpc) is 3.46. The van der Waals surface area contributed by atoms with Gasteiger partial charge in [0.1, 0.15) is 0 Å².